The van der Waals surface area contributed by atoms with Crippen molar-refractivity contribution in [2.45, 2.75) is 0 Å². The Bertz CT molecular complexity index is 509. The SMILES string of the molecule is COc1ccc(-c2cccc(O)c2)cc1F. The first kappa shape index (κ1) is 10.5. The zero-order chi connectivity index (χ0) is 11.5. The fourth-order valence-corrected chi connectivity index (χ4v) is 1.53. The zero-order valence-electron chi connectivity index (χ0n) is 8.77. The molecule has 82 valence electrons. The topological polar surface area (TPSA) is 29.5 Å². The summed E-state index contributed by atoms with van der Waals surface area (Å²) in [6.45, 7) is 0. The van der Waals surface area contributed by atoms with E-state index in [1.54, 1.807) is 36.4 Å². The van der Waals surface area contributed by atoms with E-state index in [2.05, 4.69) is 0 Å². The first-order valence-electron chi connectivity index (χ1n) is 4.83. The van der Waals surface area contributed by atoms with Gasteiger partial charge < -0.3 is 9.84 Å². The van der Waals surface area contributed by atoms with Crippen LogP contribution in [-0.4, -0.2) is 12.2 Å². The fraction of sp³-hybridized carbons (Fsp3) is 0.0769. The van der Waals surface area contributed by atoms with Crippen LogP contribution in [0.15, 0.2) is 42.5 Å². The van der Waals surface area contributed by atoms with Crippen molar-refractivity contribution in [2.24, 2.45) is 0 Å². The van der Waals surface area contributed by atoms with E-state index in [4.69, 9.17) is 4.74 Å². The largest absolute Gasteiger partial charge is 0.508 e. The van der Waals surface area contributed by atoms with Crippen LogP contribution in [0.25, 0.3) is 11.1 Å². The molecule has 1 N–H and O–H groups in total. The second-order valence-electron chi connectivity index (χ2n) is 3.40. The maximum atomic E-state index is 13.4. The van der Waals surface area contributed by atoms with Gasteiger partial charge in [-0.1, -0.05) is 18.2 Å². The average molecular weight is 218 g/mol. The first-order valence-corrected chi connectivity index (χ1v) is 4.83. The summed E-state index contributed by atoms with van der Waals surface area (Å²) in [6, 6.07) is 11.4. The zero-order valence-corrected chi connectivity index (χ0v) is 8.77. The summed E-state index contributed by atoms with van der Waals surface area (Å²) >= 11 is 0. The summed E-state index contributed by atoms with van der Waals surface area (Å²) in [7, 11) is 1.42. The predicted molar refractivity (Wildman–Crippen MR) is 60.1 cm³/mol. The van der Waals surface area contributed by atoms with E-state index in [9.17, 15) is 9.50 Å². The fourth-order valence-electron chi connectivity index (χ4n) is 1.53. The molecule has 2 aromatic carbocycles. The van der Waals surface area contributed by atoms with Gasteiger partial charge in [-0.25, -0.2) is 4.39 Å². The second-order valence-corrected chi connectivity index (χ2v) is 3.40. The molecule has 0 aromatic heterocycles. The third-order valence-corrected chi connectivity index (χ3v) is 2.33. The quantitative estimate of drug-likeness (QED) is 0.838. The Kier molecular flexibility index (Phi) is 2.77. The van der Waals surface area contributed by atoms with Crippen LogP contribution in [-0.2, 0) is 0 Å². The van der Waals surface area contributed by atoms with E-state index in [1.165, 1.54) is 13.2 Å². The molecule has 0 aliphatic heterocycles. The molecule has 0 bridgehead atoms. The molecule has 0 unspecified atom stereocenters. The molecule has 2 aromatic rings. The van der Waals surface area contributed by atoms with Crippen molar-refractivity contribution in [2.75, 3.05) is 7.11 Å². The van der Waals surface area contributed by atoms with Gasteiger partial charge in [0, 0.05) is 0 Å². The minimum absolute atomic E-state index is 0.161. The van der Waals surface area contributed by atoms with Crippen molar-refractivity contribution >= 4 is 0 Å². The van der Waals surface area contributed by atoms with Gasteiger partial charge in [0.15, 0.2) is 11.6 Å². The summed E-state index contributed by atoms with van der Waals surface area (Å²) < 4.78 is 18.3. The van der Waals surface area contributed by atoms with Gasteiger partial charge in [-0.3, -0.25) is 0 Å². The molecule has 0 aliphatic rings. The number of phenolic OH excluding ortho intramolecular Hbond substituents is 1. The third kappa shape index (κ3) is 1.98. The molecule has 0 saturated heterocycles. The van der Waals surface area contributed by atoms with Crippen LogP contribution in [0.3, 0.4) is 0 Å². The highest BCUT2D eigenvalue weighted by molar-refractivity contribution is 5.65. The highest BCUT2D eigenvalue weighted by atomic mass is 19.1. The minimum atomic E-state index is -0.414. The molecule has 0 amide bonds. The summed E-state index contributed by atoms with van der Waals surface area (Å²) in [5.74, 6) is -0.0408. The van der Waals surface area contributed by atoms with E-state index >= 15 is 0 Å². The highest BCUT2D eigenvalue weighted by Gasteiger charge is 2.05. The summed E-state index contributed by atoms with van der Waals surface area (Å²) in [5, 5.41) is 9.33. The Morgan fingerprint density at radius 1 is 1.06 bits per heavy atom. The Morgan fingerprint density at radius 3 is 2.44 bits per heavy atom. The molecule has 0 saturated carbocycles. The standard InChI is InChI=1S/C13H11FO2/c1-16-13-6-5-10(8-12(13)14)9-3-2-4-11(15)7-9/h2-8,15H,1H3. The molecule has 0 atom stereocenters. The third-order valence-electron chi connectivity index (χ3n) is 2.33. The lowest BCUT2D eigenvalue weighted by atomic mass is 10.1. The van der Waals surface area contributed by atoms with Crippen molar-refractivity contribution in [3.05, 3.63) is 48.3 Å². The summed E-state index contributed by atoms with van der Waals surface area (Å²) in [6.07, 6.45) is 0. The summed E-state index contributed by atoms with van der Waals surface area (Å²) in [4.78, 5) is 0. The lowest BCUT2D eigenvalue weighted by Gasteiger charge is -2.05. The minimum Gasteiger partial charge on any atom is -0.508 e. The van der Waals surface area contributed by atoms with Gasteiger partial charge in [0.25, 0.3) is 0 Å². The van der Waals surface area contributed by atoms with Gasteiger partial charge in [0.05, 0.1) is 7.11 Å². The molecule has 0 aliphatic carbocycles. The van der Waals surface area contributed by atoms with Crippen molar-refractivity contribution in [1.29, 1.82) is 0 Å². The molecule has 2 nitrogen and oxygen atoms in total. The lowest BCUT2D eigenvalue weighted by molar-refractivity contribution is 0.386. The molecular formula is C13H11FO2. The average Bonchev–Trinajstić information content (AvgIpc) is 2.29. The lowest BCUT2D eigenvalue weighted by Crippen LogP contribution is -1.88. The van der Waals surface area contributed by atoms with E-state index in [-0.39, 0.29) is 11.5 Å². The van der Waals surface area contributed by atoms with Crippen LogP contribution in [0.1, 0.15) is 0 Å². The van der Waals surface area contributed by atoms with Crippen molar-refractivity contribution in [3.63, 3.8) is 0 Å². The number of phenols is 1. The number of benzene rings is 2. The van der Waals surface area contributed by atoms with Crippen LogP contribution in [0.4, 0.5) is 4.39 Å². The van der Waals surface area contributed by atoms with E-state index in [0.29, 0.717) is 5.56 Å². The maximum Gasteiger partial charge on any atom is 0.165 e. The van der Waals surface area contributed by atoms with Crippen molar-refractivity contribution < 1.29 is 14.2 Å². The normalized spacial score (nSPS) is 10.1. The molecule has 0 heterocycles. The molecule has 0 radical (unpaired) electrons. The molecule has 0 fully saturated rings. The number of aromatic hydroxyl groups is 1. The monoisotopic (exact) mass is 218 g/mol. The Hall–Kier alpha value is -2.03. The maximum absolute atomic E-state index is 13.4. The van der Waals surface area contributed by atoms with Gasteiger partial charge >= 0.3 is 0 Å². The van der Waals surface area contributed by atoms with Gasteiger partial charge in [-0.2, -0.15) is 0 Å². The molecular weight excluding hydrogens is 207 g/mol. The van der Waals surface area contributed by atoms with Gasteiger partial charge in [-0.05, 0) is 35.4 Å². The predicted octanol–water partition coefficient (Wildman–Crippen LogP) is 3.21. The van der Waals surface area contributed by atoms with Crippen LogP contribution < -0.4 is 4.74 Å². The van der Waals surface area contributed by atoms with E-state index in [1.807, 2.05) is 0 Å². The number of methoxy groups -OCH3 is 1. The van der Waals surface area contributed by atoms with Crippen LogP contribution in [0, 0.1) is 5.82 Å². The van der Waals surface area contributed by atoms with Gasteiger partial charge in [0.1, 0.15) is 5.75 Å². The van der Waals surface area contributed by atoms with Gasteiger partial charge in [0.2, 0.25) is 0 Å². The van der Waals surface area contributed by atoms with Crippen molar-refractivity contribution in [3.8, 4) is 22.6 Å². The number of hydrogen-bond donors (Lipinski definition) is 1. The first-order chi connectivity index (χ1) is 7.70. The number of ether oxygens (including phenoxy) is 1. The smallest absolute Gasteiger partial charge is 0.165 e. The van der Waals surface area contributed by atoms with Crippen LogP contribution in [0.5, 0.6) is 11.5 Å². The highest BCUT2D eigenvalue weighted by Crippen LogP contribution is 2.27. The molecule has 16 heavy (non-hydrogen) atoms. The van der Waals surface area contributed by atoms with Crippen LogP contribution in [0.2, 0.25) is 0 Å². The molecule has 2 rings (SSSR count). The molecule has 3 heteroatoms. The molecule has 0 spiro atoms. The van der Waals surface area contributed by atoms with Crippen LogP contribution >= 0.6 is 0 Å². The summed E-state index contributed by atoms with van der Waals surface area (Å²) in [5.41, 5.74) is 1.47. The number of hydrogen-bond acceptors (Lipinski definition) is 2. The Morgan fingerprint density at radius 2 is 1.81 bits per heavy atom. The van der Waals surface area contributed by atoms with E-state index in [0.717, 1.165) is 5.56 Å². The second kappa shape index (κ2) is 4.23. The number of halogens is 1. The Labute approximate surface area is 92.9 Å². The number of rotatable bonds is 2. The Balaban J connectivity index is 2.45. The van der Waals surface area contributed by atoms with Crippen molar-refractivity contribution in [1.82, 2.24) is 0 Å². The van der Waals surface area contributed by atoms with Gasteiger partial charge in [-0.15, -0.1) is 0 Å². The van der Waals surface area contributed by atoms with E-state index < -0.39 is 5.82 Å².